The molecule has 0 saturated carbocycles. The second-order valence-corrected chi connectivity index (χ2v) is 9.13. The second-order valence-electron chi connectivity index (χ2n) is 9.13. The normalized spacial score (nSPS) is 13.2. The first-order chi connectivity index (χ1) is 14.6. The van der Waals surface area contributed by atoms with Crippen molar-refractivity contribution in [1.29, 1.82) is 0 Å². The summed E-state index contributed by atoms with van der Waals surface area (Å²) in [5, 5.41) is 8.92. The van der Waals surface area contributed by atoms with Crippen LogP contribution in [-0.4, -0.2) is 11.2 Å². The van der Waals surface area contributed by atoms with Crippen molar-refractivity contribution < 1.29 is 14.9 Å². The predicted molar refractivity (Wildman–Crippen MR) is 127 cm³/mol. The summed E-state index contributed by atoms with van der Waals surface area (Å²) in [6.07, 6.45) is 22.0. The van der Waals surface area contributed by atoms with E-state index in [1.165, 1.54) is 89.9 Å². The lowest BCUT2D eigenvalue weighted by Gasteiger charge is -2.26. The zero-order valence-electron chi connectivity index (χ0n) is 19.7. The Kier molecular flexibility index (Phi) is 15.4. The number of carbonyl (C=O) groups is 1. The van der Waals surface area contributed by atoms with Gasteiger partial charge in [-0.2, -0.15) is 5.26 Å². The highest BCUT2D eigenvalue weighted by Gasteiger charge is 2.36. The minimum absolute atomic E-state index is 0.561. The highest BCUT2D eigenvalue weighted by Crippen LogP contribution is 2.31. The van der Waals surface area contributed by atoms with Gasteiger partial charge >= 0.3 is 5.97 Å². The first kappa shape index (κ1) is 26.7. The van der Waals surface area contributed by atoms with Crippen molar-refractivity contribution in [3.8, 4) is 0 Å². The molecule has 0 amide bonds. The molecule has 3 heteroatoms. The van der Waals surface area contributed by atoms with Crippen LogP contribution in [0.3, 0.4) is 0 Å². The van der Waals surface area contributed by atoms with Crippen LogP contribution < -0.4 is 0 Å². The summed E-state index contributed by atoms with van der Waals surface area (Å²) in [7, 11) is 0. The summed E-state index contributed by atoms with van der Waals surface area (Å²) in [6.45, 7) is 4.14. The Hall–Kier alpha value is -1.35. The van der Waals surface area contributed by atoms with Gasteiger partial charge in [0.1, 0.15) is 0 Å². The molecule has 0 aliphatic rings. The number of hydrogen-bond acceptors (Lipinski definition) is 3. The molecular formula is C27H46O3. The van der Waals surface area contributed by atoms with E-state index in [1.807, 2.05) is 37.3 Å². The van der Waals surface area contributed by atoms with Crippen LogP contribution >= 0.6 is 0 Å². The van der Waals surface area contributed by atoms with E-state index in [-0.39, 0.29) is 0 Å². The second kappa shape index (κ2) is 17.3. The molecule has 1 atom stereocenters. The number of benzene rings is 1. The number of unbranched alkanes of at least 4 members (excludes halogenated alkanes) is 15. The predicted octanol–water partition coefficient (Wildman–Crippen LogP) is 8.61. The Morgan fingerprint density at radius 1 is 0.733 bits per heavy atom. The molecule has 0 spiro atoms. The molecule has 0 heterocycles. The molecule has 172 valence electrons. The van der Waals surface area contributed by atoms with E-state index < -0.39 is 11.4 Å². The average molecular weight is 419 g/mol. The average Bonchev–Trinajstić information content (AvgIpc) is 2.78. The molecule has 1 unspecified atom stereocenters. The number of hydrogen-bond donors (Lipinski definition) is 1. The van der Waals surface area contributed by atoms with Crippen LogP contribution in [0.5, 0.6) is 0 Å². The molecule has 0 bridgehead atoms. The van der Waals surface area contributed by atoms with Gasteiger partial charge in [-0.3, -0.25) is 0 Å². The molecular weight excluding hydrogens is 372 g/mol. The van der Waals surface area contributed by atoms with Crippen LogP contribution in [0.25, 0.3) is 0 Å². The van der Waals surface area contributed by atoms with Crippen molar-refractivity contribution in [3.05, 3.63) is 35.9 Å². The van der Waals surface area contributed by atoms with E-state index in [1.54, 1.807) is 0 Å². The lowest BCUT2D eigenvalue weighted by Crippen LogP contribution is -2.33. The third kappa shape index (κ3) is 11.2. The third-order valence-corrected chi connectivity index (χ3v) is 6.47. The lowest BCUT2D eigenvalue weighted by molar-refractivity contribution is -0.240. The summed E-state index contributed by atoms with van der Waals surface area (Å²) in [5.41, 5.74) is 0.136. The maximum absolute atomic E-state index is 12.2. The van der Waals surface area contributed by atoms with Crippen LogP contribution in [-0.2, 0) is 15.1 Å². The summed E-state index contributed by atoms with van der Waals surface area (Å²) in [4.78, 5) is 16.3. The third-order valence-electron chi connectivity index (χ3n) is 6.47. The fourth-order valence-electron chi connectivity index (χ4n) is 4.30. The van der Waals surface area contributed by atoms with Gasteiger partial charge in [0.25, 0.3) is 0 Å². The summed E-state index contributed by atoms with van der Waals surface area (Å²) >= 11 is 0. The van der Waals surface area contributed by atoms with Gasteiger partial charge in [0.05, 0.1) is 5.41 Å². The molecule has 1 rings (SSSR count). The topological polar surface area (TPSA) is 46.5 Å². The van der Waals surface area contributed by atoms with Gasteiger partial charge in [-0.05, 0) is 18.9 Å². The first-order valence-electron chi connectivity index (χ1n) is 12.6. The van der Waals surface area contributed by atoms with E-state index in [9.17, 15) is 4.79 Å². The Labute approximate surface area is 185 Å². The van der Waals surface area contributed by atoms with Gasteiger partial charge in [-0.1, -0.05) is 140 Å². The molecule has 0 aliphatic heterocycles. The Balaban J connectivity index is 2.01. The van der Waals surface area contributed by atoms with Crippen molar-refractivity contribution in [2.45, 2.75) is 128 Å². The van der Waals surface area contributed by atoms with Crippen LogP contribution in [0.2, 0.25) is 0 Å². The SMILES string of the molecule is CCCCCCCCCCCCCCCCCCC(C)(C(=O)OO)c1ccccc1. The van der Waals surface area contributed by atoms with Crippen molar-refractivity contribution in [3.63, 3.8) is 0 Å². The van der Waals surface area contributed by atoms with Gasteiger partial charge in [0, 0.05) is 0 Å². The summed E-state index contributed by atoms with van der Waals surface area (Å²) < 4.78 is 0. The van der Waals surface area contributed by atoms with Crippen LogP contribution in [0.4, 0.5) is 0 Å². The fraction of sp³-hybridized carbons (Fsp3) is 0.741. The van der Waals surface area contributed by atoms with E-state index in [2.05, 4.69) is 11.8 Å². The van der Waals surface area contributed by atoms with Crippen molar-refractivity contribution in [2.75, 3.05) is 0 Å². The van der Waals surface area contributed by atoms with Gasteiger partial charge in [-0.25, -0.2) is 4.79 Å². The zero-order chi connectivity index (χ0) is 21.9. The van der Waals surface area contributed by atoms with E-state index in [4.69, 9.17) is 5.26 Å². The summed E-state index contributed by atoms with van der Waals surface area (Å²) in [5.74, 6) is -0.561. The Bertz CT molecular complexity index is 528. The largest absolute Gasteiger partial charge is 0.352 e. The number of carbonyl (C=O) groups excluding carboxylic acids is 1. The molecule has 0 saturated heterocycles. The van der Waals surface area contributed by atoms with Gasteiger partial charge in [0.2, 0.25) is 0 Å². The van der Waals surface area contributed by atoms with Crippen LogP contribution in [0.15, 0.2) is 30.3 Å². The molecule has 0 aromatic heterocycles. The van der Waals surface area contributed by atoms with E-state index in [0.717, 1.165) is 18.4 Å². The minimum Gasteiger partial charge on any atom is -0.300 e. The Morgan fingerprint density at radius 3 is 1.53 bits per heavy atom. The summed E-state index contributed by atoms with van der Waals surface area (Å²) in [6, 6.07) is 9.65. The minimum atomic E-state index is -0.772. The molecule has 0 radical (unpaired) electrons. The Morgan fingerprint density at radius 2 is 1.13 bits per heavy atom. The lowest BCUT2D eigenvalue weighted by atomic mass is 9.78. The maximum Gasteiger partial charge on any atom is 0.352 e. The molecule has 0 aliphatic carbocycles. The smallest absolute Gasteiger partial charge is 0.300 e. The molecule has 3 nitrogen and oxygen atoms in total. The maximum atomic E-state index is 12.2. The monoisotopic (exact) mass is 418 g/mol. The standard InChI is InChI=1S/C27H46O3/c1-3-4-5-6-7-8-9-10-11-12-13-14-15-16-17-21-24-27(2,26(28)30-29)25-22-19-18-20-23-25/h18-20,22-23,29H,3-17,21,24H2,1-2H3. The van der Waals surface area contributed by atoms with E-state index in [0.29, 0.717) is 6.42 Å². The number of rotatable bonds is 19. The van der Waals surface area contributed by atoms with Crippen molar-refractivity contribution >= 4 is 5.97 Å². The van der Waals surface area contributed by atoms with Gasteiger partial charge in [-0.15, -0.1) is 0 Å². The fourth-order valence-corrected chi connectivity index (χ4v) is 4.30. The first-order valence-corrected chi connectivity index (χ1v) is 12.6. The molecule has 1 N–H and O–H groups in total. The molecule has 30 heavy (non-hydrogen) atoms. The quantitative estimate of drug-likeness (QED) is 0.139. The van der Waals surface area contributed by atoms with Crippen LogP contribution in [0, 0.1) is 0 Å². The van der Waals surface area contributed by atoms with Crippen molar-refractivity contribution in [1.82, 2.24) is 0 Å². The van der Waals surface area contributed by atoms with E-state index >= 15 is 0 Å². The van der Waals surface area contributed by atoms with Crippen LogP contribution in [0.1, 0.15) is 129 Å². The highest BCUT2D eigenvalue weighted by atomic mass is 17.1. The molecule has 0 fully saturated rings. The highest BCUT2D eigenvalue weighted by molar-refractivity contribution is 5.82. The van der Waals surface area contributed by atoms with Crippen molar-refractivity contribution in [2.24, 2.45) is 0 Å². The molecule has 1 aromatic carbocycles. The van der Waals surface area contributed by atoms with Gasteiger partial charge < -0.3 is 4.89 Å². The zero-order valence-corrected chi connectivity index (χ0v) is 19.7. The van der Waals surface area contributed by atoms with Gasteiger partial charge in [0.15, 0.2) is 0 Å². The molecule has 1 aromatic rings.